The second-order valence-electron chi connectivity index (χ2n) is 5.71. The van der Waals surface area contributed by atoms with Crippen molar-refractivity contribution < 1.29 is 9.63 Å². The van der Waals surface area contributed by atoms with Crippen LogP contribution in [0, 0.1) is 5.92 Å². The standard InChI is InChI=1S/C16H22N4O2/c1-2-12-8-13(22-20-12)9-17-16(21)14-10-18-19-15(14)11-6-4-3-5-7-11/h3-7,13-15,18-19H,2,8-10H2,1H3,(H,17,21). The molecule has 1 aromatic rings. The van der Waals surface area contributed by atoms with Gasteiger partial charge in [-0.2, -0.15) is 0 Å². The number of rotatable bonds is 5. The molecule has 1 amide bonds. The molecule has 22 heavy (non-hydrogen) atoms. The molecule has 0 radical (unpaired) electrons. The molecule has 6 nitrogen and oxygen atoms in total. The molecule has 3 unspecified atom stereocenters. The van der Waals surface area contributed by atoms with Crippen LogP contribution < -0.4 is 16.2 Å². The van der Waals surface area contributed by atoms with Gasteiger partial charge in [0, 0.05) is 13.0 Å². The van der Waals surface area contributed by atoms with E-state index in [2.05, 4.69) is 28.2 Å². The minimum Gasteiger partial charge on any atom is -0.390 e. The summed E-state index contributed by atoms with van der Waals surface area (Å²) in [4.78, 5) is 17.8. The molecule has 6 heteroatoms. The maximum absolute atomic E-state index is 12.5. The predicted octanol–water partition coefficient (Wildman–Crippen LogP) is 1.12. The Labute approximate surface area is 130 Å². The zero-order chi connectivity index (χ0) is 15.4. The largest absolute Gasteiger partial charge is 0.390 e. The van der Waals surface area contributed by atoms with Gasteiger partial charge < -0.3 is 10.2 Å². The molecule has 118 valence electrons. The molecule has 0 aliphatic carbocycles. The number of nitrogens with one attached hydrogen (secondary N) is 3. The molecule has 2 heterocycles. The van der Waals surface area contributed by atoms with E-state index in [0.717, 1.165) is 24.1 Å². The Balaban J connectivity index is 1.53. The minimum absolute atomic E-state index is 0.00634. The van der Waals surface area contributed by atoms with E-state index >= 15 is 0 Å². The highest BCUT2D eigenvalue weighted by atomic mass is 16.6. The molecule has 3 rings (SSSR count). The van der Waals surface area contributed by atoms with Crippen molar-refractivity contribution in [2.75, 3.05) is 13.1 Å². The van der Waals surface area contributed by atoms with Crippen LogP contribution in [0.3, 0.4) is 0 Å². The average Bonchev–Trinajstić information content (AvgIpc) is 3.22. The lowest BCUT2D eigenvalue weighted by Gasteiger charge is -2.19. The van der Waals surface area contributed by atoms with Crippen LogP contribution >= 0.6 is 0 Å². The first kappa shape index (κ1) is 15.0. The summed E-state index contributed by atoms with van der Waals surface area (Å²) in [5.41, 5.74) is 8.44. The Morgan fingerprint density at radius 1 is 1.41 bits per heavy atom. The van der Waals surface area contributed by atoms with Gasteiger partial charge in [0.15, 0.2) is 0 Å². The lowest BCUT2D eigenvalue weighted by molar-refractivity contribution is -0.125. The van der Waals surface area contributed by atoms with Crippen molar-refractivity contribution in [2.45, 2.75) is 31.9 Å². The summed E-state index contributed by atoms with van der Waals surface area (Å²) in [6.07, 6.45) is 1.67. The van der Waals surface area contributed by atoms with E-state index in [1.165, 1.54) is 0 Å². The van der Waals surface area contributed by atoms with Gasteiger partial charge in [0.25, 0.3) is 0 Å². The number of hydrogen-bond donors (Lipinski definition) is 3. The number of benzene rings is 1. The normalized spacial score (nSPS) is 27.3. The van der Waals surface area contributed by atoms with Crippen molar-refractivity contribution in [3.63, 3.8) is 0 Å². The van der Waals surface area contributed by atoms with E-state index in [1.807, 2.05) is 30.3 Å². The van der Waals surface area contributed by atoms with Crippen molar-refractivity contribution in [3.05, 3.63) is 35.9 Å². The molecule has 3 atom stereocenters. The molecule has 0 bridgehead atoms. The predicted molar refractivity (Wildman–Crippen MR) is 84.0 cm³/mol. The van der Waals surface area contributed by atoms with Gasteiger partial charge in [-0.15, -0.1) is 0 Å². The molecule has 2 aliphatic rings. The van der Waals surface area contributed by atoms with Gasteiger partial charge in [0.05, 0.1) is 24.2 Å². The van der Waals surface area contributed by atoms with E-state index in [0.29, 0.717) is 13.1 Å². The van der Waals surface area contributed by atoms with Crippen molar-refractivity contribution >= 4 is 11.6 Å². The fourth-order valence-electron chi connectivity index (χ4n) is 2.87. The molecule has 3 N–H and O–H groups in total. The van der Waals surface area contributed by atoms with E-state index in [-0.39, 0.29) is 24.0 Å². The van der Waals surface area contributed by atoms with Crippen molar-refractivity contribution in [1.29, 1.82) is 0 Å². The minimum atomic E-state index is -0.129. The number of nitrogens with zero attached hydrogens (tertiary/aromatic N) is 1. The second-order valence-corrected chi connectivity index (χ2v) is 5.71. The Hall–Kier alpha value is -1.92. The van der Waals surface area contributed by atoms with E-state index in [4.69, 9.17) is 4.84 Å². The van der Waals surface area contributed by atoms with Crippen LogP contribution in [0.5, 0.6) is 0 Å². The van der Waals surface area contributed by atoms with Crippen LogP contribution in [0.1, 0.15) is 31.4 Å². The van der Waals surface area contributed by atoms with Crippen LogP contribution in [0.4, 0.5) is 0 Å². The van der Waals surface area contributed by atoms with Gasteiger partial charge in [-0.1, -0.05) is 42.4 Å². The van der Waals surface area contributed by atoms with Crippen molar-refractivity contribution in [2.24, 2.45) is 11.1 Å². The highest BCUT2D eigenvalue weighted by Gasteiger charge is 2.34. The first-order valence-corrected chi connectivity index (χ1v) is 7.80. The van der Waals surface area contributed by atoms with Gasteiger partial charge in [0.2, 0.25) is 5.91 Å². The number of carbonyl (C=O) groups excluding carboxylic acids is 1. The third-order valence-corrected chi connectivity index (χ3v) is 4.18. The van der Waals surface area contributed by atoms with Gasteiger partial charge >= 0.3 is 0 Å². The van der Waals surface area contributed by atoms with Gasteiger partial charge in [-0.05, 0) is 12.0 Å². The number of amides is 1. The average molecular weight is 302 g/mol. The van der Waals surface area contributed by atoms with Crippen LogP contribution in [0.15, 0.2) is 35.5 Å². The highest BCUT2D eigenvalue weighted by molar-refractivity contribution is 5.85. The highest BCUT2D eigenvalue weighted by Crippen LogP contribution is 2.24. The zero-order valence-electron chi connectivity index (χ0n) is 12.7. The van der Waals surface area contributed by atoms with E-state index in [9.17, 15) is 4.79 Å². The number of hydrazine groups is 1. The van der Waals surface area contributed by atoms with Gasteiger partial charge in [0.1, 0.15) is 6.10 Å². The number of hydrogen-bond acceptors (Lipinski definition) is 5. The Morgan fingerprint density at radius 3 is 2.95 bits per heavy atom. The Kier molecular flexibility index (Phi) is 4.70. The summed E-state index contributed by atoms with van der Waals surface area (Å²) in [5.74, 6) is -0.0877. The number of carbonyl (C=O) groups is 1. The van der Waals surface area contributed by atoms with Crippen LogP contribution in [-0.2, 0) is 9.63 Å². The molecule has 0 aromatic heterocycles. The summed E-state index contributed by atoms with van der Waals surface area (Å²) < 4.78 is 0. The van der Waals surface area contributed by atoms with Crippen LogP contribution in [0.25, 0.3) is 0 Å². The van der Waals surface area contributed by atoms with E-state index < -0.39 is 0 Å². The Morgan fingerprint density at radius 2 is 2.23 bits per heavy atom. The molecule has 0 saturated carbocycles. The van der Waals surface area contributed by atoms with Crippen LogP contribution in [0.2, 0.25) is 0 Å². The van der Waals surface area contributed by atoms with Gasteiger partial charge in [-0.25, -0.2) is 5.43 Å². The maximum atomic E-state index is 12.5. The summed E-state index contributed by atoms with van der Waals surface area (Å²) in [6.45, 7) is 3.18. The fourth-order valence-corrected chi connectivity index (χ4v) is 2.87. The zero-order valence-corrected chi connectivity index (χ0v) is 12.7. The number of oxime groups is 1. The third kappa shape index (κ3) is 3.28. The Bertz CT molecular complexity index is 546. The summed E-state index contributed by atoms with van der Waals surface area (Å²) in [5, 5.41) is 7.01. The molecule has 1 saturated heterocycles. The SMILES string of the molecule is CCC1=NOC(CNC(=O)C2CNNC2c2ccccc2)C1. The van der Waals surface area contributed by atoms with Gasteiger partial charge in [-0.3, -0.25) is 10.2 Å². The molecular formula is C16H22N4O2. The molecule has 2 aliphatic heterocycles. The molecular weight excluding hydrogens is 280 g/mol. The second kappa shape index (κ2) is 6.89. The third-order valence-electron chi connectivity index (χ3n) is 4.18. The quantitative estimate of drug-likeness (QED) is 0.762. The summed E-state index contributed by atoms with van der Waals surface area (Å²) in [7, 11) is 0. The van der Waals surface area contributed by atoms with Crippen LogP contribution in [-0.4, -0.2) is 30.8 Å². The lowest BCUT2D eigenvalue weighted by atomic mass is 9.94. The smallest absolute Gasteiger partial charge is 0.226 e. The first-order chi connectivity index (χ1) is 10.8. The first-order valence-electron chi connectivity index (χ1n) is 7.80. The topological polar surface area (TPSA) is 74.8 Å². The summed E-state index contributed by atoms with van der Waals surface area (Å²) in [6, 6.07) is 10.0. The van der Waals surface area contributed by atoms with Crippen molar-refractivity contribution in [3.8, 4) is 0 Å². The molecule has 1 aromatic carbocycles. The molecule has 0 spiro atoms. The fraction of sp³-hybridized carbons (Fsp3) is 0.500. The monoisotopic (exact) mass is 302 g/mol. The van der Waals surface area contributed by atoms with Crippen molar-refractivity contribution in [1.82, 2.24) is 16.2 Å². The lowest BCUT2D eigenvalue weighted by Crippen LogP contribution is -2.39. The maximum Gasteiger partial charge on any atom is 0.226 e. The summed E-state index contributed by atoms with van der Waals surface area (Å²) >= 11 is 0. The van der Waals surface area contributed by atoms with E-state index in [1.54, 1.807) is 0 Å². The molecule has 1 fully saturated rings.